The molecule has 0 radical (unpaired) electrons. The van der Waals surface area contributed by atoms with E-state index in [1.54, 1.807) is 0 Å². The fourth-order valence-electron chi connectivity index (χ4n) is 0. The second kappa shape index (κ2) is 24.5. The Morgan fingerprint density at radius 2 is 0.750 bits per heavy atom. The molecule has 0 heterocycles. The summed E-state index contributed by atoms with van der Waals surface area (Å²) in [4.78, 5) is 0. The van der Waals surface area contributed by atoms with Crippen LogP contribution in [-0.4, -0.2) is 54.2 Å². The van der Waals surface area contributed by atoms with Crippen LogP contribution in [-0.2, 0) is 0 Å². The summed E-state index contributed by atoms with van der Waals surface area (Å²) in [5.41, 5.74) is 0. The molecule has 0 nitrogen and oxygen atoms in total. The first-order valence-electron chi connectivity index (χ1n) is 1.00. The third-order valence-electron chi connectivity index (χ3n) is 0. The molecule has 0 aromatic carbocycles. The molecule has 0 fully saturated rings. The van der Waals surface area contributed by atoms with Gasteiger partial charge in [-0.1, -0.05) is 0 Å². The van der Waals surface area contributed by atoms with Crippen LogP contribution in [0.2, 0.25) is 0 Å². The number of rotatable bonds is 0. The molecule has 0 aliphatic carbocycles. The molecular weight excluding hydrogens is 110 g/mol. The van der Waals surface area contributed by atoms with E-state index in [1.807, 2.05) is 0 Å². The third-order valence-corrected chi connectivity index (χ3v) is 0. The van der Waals surface area contributed by atoms with Gasteiger partial charge in [-0.3, -0.25) is 0 Å². The van der Waals surface area contributed by atoms with Crippen LogP contribution in [0, 0.1) is 0 Å². The van der Waals surface area contributed by atoms with Gasteiger partial charge in [-0.15, -0.1) is 0 Å². The second-order valence-corrected chi connectivity index (χ2v) is 0. The summed E-state index contributed by atoms with van der Waals surface area (Å²) in [7, 11) is 2.89. The van der Waals surface area contributed by atoms with Gasteiger partial charge in [0.2, 0.25) is 0 Å². The number of hydrogen-bond donors (Lipinski definition) is 0. The summed E-state index contributed by atoms with van der Waals surface area (Å²) in [5, 5.41) is 0. The Bertz CT molecular complexity index is 4.00. The van der Waals surface area contributed by atoms with E-state index in [1.165, 1.54) is 19.5 Å². The van der Waals surface area contributed by atoms with Gasteiger partial charge in [0.25, 0.3) is 0 Å². The van der Waals surface area contributed by atoms with E-state index in [9.17, 15) is 0 Å². The van der Waals surface area contributed by atoms with Gasteiger partial charge >= 0.3 is 0 Å². The lowest BCUT2D eigenvalue weighted by molar-refractivity contribution is 4.75. The van der Waals surface area contributed by atoms with Crippen LogP contribution in [0.1, 0.15) is 0 Å². The minimum Gasteiger partial charge on any atom is -0.0125 e. The highest BCUT2D eigenvalue weighted by molar-refractivity contribution is 6.75. The summed E-state index contributed by atoms with van der Waals surface area (Å²) in [5.74, 6) is 0. The van der Waals surface area contributed by atoms with Crippen molar-refractivity contribution in [2.24, 2.45) is 0 Å². The molecule has 0 rings (SSSR count). The zero-order valence-electron chi connectivity index (χ0n) is 2.00. The first-order chi connectivity index (χ1) is 1.00. The van der Waals surface area contributed by atoms with Gasteiger partial charge in [0.1, 0.15) is 0 Å². The van der Waals surface area contributed by atoms with E-state index in [2.05, 4.69) is 0 Å². The zero-order valence-corrected chi connectivity index (χ0v) is 6.00. The molecule has 0 amide bonds. The van der Waals surface area contributed by atoms with Crippen LogP contribution in [0.5, 0.6) is 0 Å². The van der Waals surface area contributed by atoms with Gasteiger partial charge in [0.05, 0.1) is 0 Å². The monoisotopic (exact) mass is 122 g/mol. The fourth-order valence-corrected chi connectivity index (χ4v) is 0. The highest BCUT2D eigenvalue weighted by Gasteiger charge is 0.988. The molecule has 0 aliphatic rings. The molecule has 4 heteroatoms. The van der Waals surface area contributed by atoms with E-state index in [0.29, 0.717) is 0 Å². The van der Waals surface area contributed by atoms with E-state index in [0.717, 1.165) is 0 Å². The van der Waals surface area contributed by atoms with Crippen LogP contribution in [0.15, 0.2) is 0 Å². The maximum absolute atomic E-state index is 1.44. The molecule has 0 aromatic heterocycles. The van der Waals surface area contributed by atoms with Crippen molar-refractivity contribution in [3.63, 3.8) is 0 Å². The van der Waals surface area contributed by atoms with Gasteiger partial charge < -0.3 is 0 Å². The van der Waals surface area contributed by atoms with E-state index < -0.39 is 0 Å². The molecular formula is H12Al2Si2. The van der Waals surface area contributed by atoms with Gasteiger partial charge in [0.15, 0.2) is 34.7 Å². The lowest BCUT2D eigenvalue weighted by Crippen LogP contribution is -1.38. The summed E-state index contributed by atoms with van der Waals surface area (Å²) < 4.78 is 0. The molecule has 0 saturated heterocycles. The van der Waals surface area contributed by atoms with E-state index in [4.69, 9.17) is 0 Å². The molecule has 0 saturated carbocycles. The zero-order chi connectivity index (χ0) is 2.00. The fraction of sp³-hybridized carbons (Fsp3) is 0. The Kier molecular flexibility index (Phi) is 109. The Balaban J connectivity index is -0.00000000500. The smallest absolute Gasteiger partial charge is 0.0125 e. The summed E-state index contributed by atoms with van der Waals surface area (Å²) >= 11 is 0. The maximum atomic E-state index is 1.44. The molecule has 0 atom stereocenters. The maximum Gasteiger partial charge on any atom is 0.187 e. The minimum atomic E-state index is 0. The van der Waals surface area contributed by atoms with Crippen molar-refractivity contribution >= 4 is 54.2 Å². The Morgan fingerprint density at radius 1 is 0.750 bits per heavy atom. The van der Waals surface area contributed by atoms with Crippen molar-refractivity contribution in [2.75, 3.05) is 0 Å². The third kappa shape index (κ3) is 9.73. The van der Waals surface area contributed by atoms with Gasteiger partial charge in [-0.05, 0) is 19.5 Å². The van der Waals surface area contributed by atoms with Crippen molar-refractivity contribution in [1.82, 2.24) is 0 Å². The van der Waals surface area contributed by atoms with Crippen LogP contribution >= 0.6 is 0 Å². The lowest BCUT2D eigenvalue weighted by Gasteiger charge is -1.01. The normalized spacial score (nSPS) is 3.00. The predicted octanol–water partition coefficient (Wildman–Crippen LogP) is -4.74. The molecule has 0 spiro atoms. The lowest BCUT2D eigenvalue weighted by atomic mass is 27.0. The van der Waals surface area contributed by atoms with Crippen molar-refractivity contribution in [3.05, 3.63) is 0 Å². The SMILES string of the molecule is [AlH3].[AlH3].[SiH3][SiH3]. The molecule has 4 heavy (non-hydrogen) atoms. The van der Waals surface area contributed by atoms with Crippen LogP contribution in [0.25, 0.3) is 0 Å². The summed E-state index contributed by atoms with van der Waals surface area (Å²) in [6, 6.07) is 0. The molecule has 0 unspecified atom stereocenters. The quantitative estimate of drug-likeness (QED) is 0.283. The predicted molar refractivity (Wildman–Crippen MR) is 39.8 cm³/mol. The first kappa shape index (κ1) is 17.8. The van der Waals surface area contributed by atoms with E-state index >= 15 is 0 Å². The highest BCUT2D eigenvalue weighted by atomic mass is 29.1. The number of hydrogen-bond acceptors (Lipinski definition) is 0. The average molecular weight is 122 g/mol. The molecule has 26 valence electrons. The average Bonchev–Trinajstić information content (AvgIpc) is 1.00. The van der Waals surface area contributed by atoms with Crippen molar-refractivity contribution in [1.29, 1.82) is 0 Å². The molecule has 0 bridgehead atoms. The second-order valence-electron chi connectivity index (χ2n) is 0. The topological polar surface area (TPSA) is 0 Å². The first-order valence-corrected chi connectivity index (χ1v) is 9.00. The molecule has 0 aromatic rings. The van der Waals surface area contributed by atoms with Gasteiger partial charge in [-0.25, -0.2) is 0 Å². The summed E-state index contributed by atoms with van der Waals surface area (Å²) in [6.07, 6.45) is 0. The van der Waals surface area contributed by atoms with Crippen LogP contribution in [0.4, 0.5) is 0 Å². The highest BCUT2D eigenvalue weighted by Crippen LogP contribution is 0.619. The van der Waals surface area contributed by atoms with E-state index in [-0.39, 0.29) is 34.7 Å². The summed E-state index contributed by atoms with van der Waals surface area (Å²) in [6.45, 7) is 0. The Hall–Kier alpha value is 1.50. The van der Waals surface area contributed by atoms with Crippen molar-refractivity contribution < 1.29 is 0 Å². The van der Waals surface area contributed by atoms with Crippen molar-refractivity contribution in [2.45, 2.75) is 0 Å². The van der Waals surface area contributed by atoms with Crippen LogP contribution < -0.4 is 0 Å². The van der Waals surface area contributed by atoms with Crippen LogP contribution in [0.3, 0.4) is 0 Å². The minimum absolute atomic E-state index is 0. The largest absolute Gasteiger partial charge is 0.187 e. The molecule has 0 N–H and O–H groups in total. The Labute approximate surface area is 54.3 Å². The van der Waals surface area contributed by atoms with Gasteiger partial charge in [0, 0.05) is 0 Å². The standard InChI is InChI=1S/2Al.H6Si2.6H/c;;1-2;;;;;;/h;;1-2H3;;;;;;. The molecule has 0 aliphatic heterocycles. The van der Waals surface area contributed by atoms with Crippen molar-refractivity contribution in [3.8, 4) is 0 Å². The van der Waals surface area contributed by atoms with Gasteiger partial charge in [-0.2, -0.15) is 0 Å². The Morgan fingerprint density at radius 3 is 0.750 bits per heavy atom.